The lowest BCUT2D eigenvalue weighted by molar-refractivity contribution is -0.126. The lowest BCUT2D eigenvalue weighted by atomic mass is 9.98. The zero-order valence-electron chi connectivity index (χ0n) is 12.2. The van der Waals surface area contributed by atoms with Crippen LogP contribution in [0.25, 0.3) is 0 Å². The Morgan fingerprint density at radius 2 is 2.05 bits per heavy atom. The van der Waals surface area contributed by atoms with Crippen molar-refractivity contribution in [1.82, 2.24) is 5.32 Å². The SMILES string of the molecule is COCCOCC(=O)N[C@H](C)c1cccc(C)c1C. The second-order valence-corrected chi connectivity index (χ2v) is 4.62. The minimum Gasteiger partial charge on any atom is -0.382 e. The summed E-state index contributed by atoms with van der Waals surface area (Å²) in [5, 5.41) is 2.94. The highest BCUT2D eigenvalue weighted by atomic mass is 16.5. The van der Waals surface area contributed by atoms with E-state index in [0.717, 1.165) is 5.56 Å². The van der Waals surface area contributed by atoms with Crippen LogP contribution in [0.4, 0.5) is 0 Å². The number of rotatable bonds is 7. The topological polar surface area (TPSA) is 47.6 Å². The molecule has 1 rings (SSSR count). The van der Waals surface area contributed by atoms with Crippen molar-refractivity contribution in [2.24, 2.45) is 0 Å². The molecule has 1 aromatic rings. The van der Waals surface area contributed by atoms with Crippen LogP contribution in [-0.4, -0.2) is 32.8 Å². The molecule has 4 heteroatoms. The van der Waals surface area contributed by atoms with Crippen molar-refractivity contribution in [3.05, 3.63) is 34.9 Å². The van der Waals surface area contributed by atoms with Gasteiger partial charge in [0.2, 0.25) is 5.91 Å². The molecule has 0 aliphatic rings. The molecule has 0 bridgehead atoms. The van der Waals surface area contributed by atoms with E-state index in [2.05, 4.69) is 25.2 Å². The van der Waals surface area contributed by atoms with Gasteiger partial charge in [-0.25, -0.2) is 0 Å². The molecule has 4 nitrogen and oxygen atoms in total. The number of ether oxygens (including phenoxy) is 2. The Morgan fingerprint density at radius 1 is 1.32 bits per heavy atom. The minimum atomic E-state index is -0.107. The van der Waals surface area contributed by atoms with Gasteiger partial charge in [0, 0.05) is 7.11 Å². The van der Waals surface area contributed by atoms with Crippen LogP contribution < -0.4 is 5.32 Å². The van der Waals surface area contributed by atoms with Crippen molar-refractivity contribution in [2.75, 3.05) is 26.9 Å². The third-order valence-electron chi connectivity index (χ3n) is 3.16. The normalized spacial score (nSPS) is 12.2. The molecule has 0 saturated carbocycles. The molecule has 1 atom stereocenters. The van der Waals surface area contributed by atoms with Crippen LogP contribution in [0, 0.1) is 13.8 Å². The Labute approximate surface area is 115 Å². The predicted molar refractivity (Wildman–Crippen MR) is 75.2 cm³/mol. The number of carbonyl (C=O) groups is 1. The lowest BCUT2D eigenvalue weighted by Gasteiger charge is -2.18. The van der Waals surface area contributed by atoms with Crippen LogP contribution in [0.15, 0.2) is 18.2 Å². The second kappa shape index (κ2) is 7.92. The summed E-state index contributed by atoms with van der Waals surface area (Å²) in [7, 11) is 1.60. The third-order valence-corrected chi connectivity index (χ3v) is 3.16. The van der Waals surface area contributed by atoms with E-state index in [1.54, 1.807) is 7.11 Å². The van der Waals surface area contributed by atoms with Crippen LogP contribution in [-0.2, 0) is 14.3 Å². The number of nitrogens with one attached hydrogen (secondary N) is 1. The first-order valence-corrected chi connectivity index (χ1v) is 6.48. The molecule has 0 saturated heterocycles. The van der Waals surface area contributed by atoms with E-state index in [1.165, 1.54) is 11.1 Å². The van der Waals surface area contributed by atoms with E-state index in [9.17, 15) is 4.79 Å². The van der Waals surface area contributed by atoms with Gasteiger partial charge in [-0.1, -0.05) is 18.2 Å². The molecule has 0 fully saturated rings. The van der Waals surface area contributed by atoms with Crippen molar-refractivity contribution < 1.29 is 14.3 Å². The van der Waals surface area contributed by atoms with Gasteiger partial charge in [0.15, 0.2) is 0 Å². The average molecular weight is 265 g/mol. The van der Waals surface area contributed by atoms with Gasteiger partial charge in [-0.15, -0.1) is 0 Å². The van der Waals surface area contributed by atoms with Crippen LogP contribution in [0.5, 0.6) is 0 Å². The summed E-state index contributed by atoms with van der Waals surface area (Å²) in [6.45, 7) is 7.12. The van der Waals surface area contributed by atoms with Gasteiger partial charge < -0.3 is 14.8 Å². The van der Waals surface area contributed by atoms with E-state index in [-0.39, 0.29) is 18.6 Å². The van der Waals surface area contributed by atoms with E-state index in [4.69, 9.17) is 9.47 Å². The Balaban J connectivity index is 2.48. The summed E-state index contributed by atoms with van der Waals surface area (Å²) in [6, 6.07) is 6.11. The van der Waals surface area contributed by atoms with Crippen LogP contribution in [0.2, 0.25) is 0 Å². The molecule has 1 aromatic carbocycles. The molecule has 1 N–H and O–H groups in total. The standard InChI is InChI=1S/C15H23NO3/c1-11-6-5-7-14(12(11)2)13(3)16-15(17)10-19-9-8-18-4/h5-7,13H,8-10H2,1-4H3,(H,16,17)/t13-/m1/s1. The molecule has 106 valence electrons. The Kier molecular flexibility index (Phi) is 6.53. The summed E-state index contributed by atoms with van der Waals surface area (Å²) < 4.78 is 10.0. The molecule has 0 spiro atoms. The highest BCUT2D eigenvalue weighted by Crippen LogP contribution is 2.19. The lowest BCUT2D eigenvalue weighted by Crippen LogP contribution is -2.31. The first-order valence-electron chi connectivity index (χ1n) is 6.48. The fraction of sp³-hybridized carbons (Fsp3) is 0.533. The molecule has 0 radical (unpaired) electrons. The number of amides is 1. The first-order chi connectivity index (χ1) is 9.06. The van der Waals surface area contributed by atoms with Gasteiger partial charge in [-0.05, 0) is 37.5 Å². The molecular formula is C15H23NO3. The van der Waals surface area contributed by atoms with Gasteiger partial charge in [-0.2, -0.15) is 0 Å². The summed E-state index contributed by atoms with van der Waals surface area (Å²) in [4.78, 5) is 11.7. The number of hydrogen-bond acceptors (Lipinski definition) is 3. The number of aryl methyl sites for hydroxylation is 1. The molecule has 0 unspecified atom stereocenters. The summed E-state index contributed by atoms with van der Waals surface area (Å²) in [5.74, 6) is -0.107. The van der Waals surface area contributed by atoms with Crippen molar-refractivity contribution in [3.63, 3.8) is 0 Å². The number of hydrogen-bond donors (Lipinski definition) is 1. The van der Waals surface area contributed by atoms with Crippen molar-refractivity contribution >= 4 is 5.91 Å². The molecule has 0 aliphatic heterocycles. The maximum Gasteiger partial charge on any atom is 0.246 e. The van der Waals surface area contributed by atoms with E-state index < -0.39 is 0 Å². The third kappa shape index (κ3) is 5.01. The van der Waals surface area contributed by atoms with Gasteiger partial charge in [0.25, 0.3) is 0 Å². The Morgan fingerprint density at radius 3 is 2.74 bits per heavy atom. The average Bonchev–Trinajstić information content (AvgIpc) is 2.38. The molecule has 19 heavy (non-hydrogen) atoms. The van der Waals surface area contributed by atoms with E-state index >= 15 is 0 Å². The molecule has 0 heterocycles. The fourth-order valence-electron chi connectivity index (χ4n) is 1.91. The molecule has 0 aliphatic carbocycles. The van der Waals surface area contributed by atoms with Crippen molar-refractivity contribution in [2.45, 2.75) is 26.8 Å². The summed E-state index contributed by atoms with van der Waals surface area (Å²) >= 11 is 0. The van der Waals surface area contributed by atoms with Crippen molar-refractivity contribution in [3.8, 4) is 0 Å². The number of carbonyl (C=O) groups excluding carboxylic acids is 1. The Hall–Kier alpha value is -1.39. The van der Waals surface area contributed by atoms with Gasteiger partial charge in [0.1, 0.15) is 6.61 Å². The molecule has 1 amide bonds. The Bertz CT molecular complexity index is 418. The quantitative estimate of drug-likeness (QED) is 0.768. The van der Waals surface area contributed by atoms with Crippen LogP contribution in [0.3, 0.4) is 0 Å². The first kappa shape index (κ1) is 15.7. The molecular weight excluding hydrogens is 242 g/mol. The zero-order valence-corrected chi connectivity index (χ0v) is 12.2. The fourth-order valence-corrected chi connectivity index (χ4v) is 1.91. The summed E-state index contributed by atoms with van der Waals surface area (Å²) in [6.07, 6.45) is 0. The van der Waals surface area contributed by atoms with Crippen molar-refractivity contribution in [1.29, 1.82) is 0 Å². The van der Waals surface area contributed by atoms with E-state index in [0.29, 0.717) is 13.2 Å². The monoisotopic (exact) mass is 265 g/mol. The van der Waals surface area contributed by atoms with Gasteiger partial charge in [-0.3, -0.25) is 4.79 Å². The van der Waals surface area contributed by atoms with Crippen LogP contribution >= 0.6 is 0 Å². The predicted octanol–water partition coefficient (Wildman–Crippen LogP) is 2.14. The van der Waals surface area contributed by atoms with E-state index in [1.807, 2.05) is 19.1 Å². The van der Waals surface area contributed by atoms with Gasteiger partial charge >= 0.3 is 0 Å². The number of methoxy groups -OCH3 is 1. The maximum atomic E-state index is 11.7. The van der Waals surface area contributed by atoms with Gasteiger partial charge in [0.05, 0.1) is 19.3 Å². The highest BCUT2D eigenvalue weighted by molar-refractivity contribution is 5.77. The minimum absolute atomic E-state index is 0.0153. The molecule has 0 aromatic heterocycles. The summed E-state index contributed by atoms with van der Waals surface area (Å²) in [5.41, 5.74) is 3.59. The number of benzene rings is 1. The smallest absolute Gasteiger partial charge is 0.246 e. The largest absolute Gasteiger partial charge is 0.382 e. The zero-order chi connectivity index (χ0) is 14.3. The van der Waals surface area contributed by atoms with Crippen LogP contribution in [0.1, 0.15) is 29.7 Å². The highest BCUT2D eigenvalue weighted by Gasteiger charge is 2.12. The second-order valence-electron chi connectivity index (χ2n) is 4.62. The maximum absolute atomic E-state index is 11.7.